The molecule has 1 aromatic rings. The van der Waals surface area contributed by atoms with E-state index in [9.17, 15) is 9.59 Å². The summed E-state index contributed by atoms with van der Waals surface area (Å²) >= 11 is 0. The van der Waals surface area contributed by atoms with Gasteiger partial charge in [-0.1, -0.05) is 0 Å². The third-order valence-electron chi connectivity index (χ3n) is 6.93. The van der Waals surface area contributed by atoms with Gasteiger partial charge in [0.05, 0.1) is 5.56 Å². The first kappa shape index (κ1) is 15.9. The molecule has 130 valence electrons. The van der Waals surface area contributed by atoms with E-state index in [4.69, 9.17) is 4.42 Å². The van der Waals surface area contributed by atoms with E-state index >= 15 is 0 Å². The highest BCUT2D eigenvalue weighted by atomic mass is 16.4. The molecule has 4 nitrogen and oxygen atoms in total. The molecule has 6 atom stereocenters. The quantitative estimate of drug-likeness (QED) is 0.924. The Morgan fingerprint density at radius 1 is 1.21 bits per heavy atom. The summed E-state index contributed by atoms with van der Waals surface area (Å²) in [5.41, 5.74) is 0.822. The van der Waals surface area contributed by atoms with Gasteiger partial charge in [-0.25, -0.2) is 4.79 Å². The third-order valence-corrected chi connectivity index (χ3v) is 6.93. The van der Waals surface area contributed by atoms with E-state index in [2.05, 4.69) is 12.2 Å². The van der Waals surface area contributed by atoms with E-state index in [0.717, 1.165) is 23.7 Å². The van der Waals surface area contributed by atoms with Gasteiger partial charge in [0, 0.05) is 12.1 Å². The lowest BCUT2D eigenvalue weighted by atomic mass is 9.62. The summed E-state index contributed by atoms with van der Waals surface area (Å²) in [7, 11) is 0. The highest BCUT2D eigenvalue weighted by molar-refractivity contribution is 5.96. The van der Waals surface area contributed by atoms with Crippen LogP contribution in [-0.4, -0.2) is 11.9 Å². The maximum Gasteiger partial charge on any atom is 0.336 e. The number of carbonyl (C=O) groups excluding carboxylic acids is 1. The summed E-state index contributed by atoms with van der Waals surface area (Å²) in [5, 5.41) is 3.23. The van der Waals surface area contributed by atoms with Crippen LogP contribution < -0.4 is 10.9 Å². The third kappa shape index (κ3) is 2.51. The van der Waals surface area contributed by atoms with Crippen molar-refractivity contribution in [3.8, 4) is 0 Å². The molecule has 4 rings (SSSR count). The molecule has 0 spiro atoms. The molecule has 0 saturated heterocycles. The van der Waals surface area contributed by atoms with E-state index in [1.165, 1.54) is 38.2 Å². The standard InChI is InChI=1S/C20H27NO3/c1-10-6-17(22)24-12(3)18(10)20(23)21-11(2)19-15-5-4-14-7-13(8-15)9-16(14)19/h6,11,13-16,19H,4-5,7-9H2,1-3H3,(H,21,23)/t11-,13-,14-,15+,16-,19+/m0/s1. The van der Waals surface area contributed by atoms with Crippen molar-refractivity contribution >= 4 is 5.91 Å². The Morgan fingerprint density at radius 2 is 1.92 bits per heavy atom. The van der Waals surface area contributed by atoms with Crippen molar-refractivity contribution < 1.29 is 9.21 Å². The number of rotatable bonds is 3. The summed E-state index contributed by atoms with van der Waals surface area (Å²) in [6, 6.07) is 1.58. The van der Waals surface area contributed by atoms with E-state index in [0.29, 0.717) is 22.8 Å². The fourth-order valence-electron chi connectivity index (χ4n) is 6.20. The summed E-state index contributed by atoms with van der Waals surface area (Å²) < 4.78 is 5.12. The lowest BCUT2D eigenvalue weighted by Gasteiger charge is -2.45. The summed E-state index contributed by atoms with van der Waals surface area (Å²) in [6.45, 7) is 5.66. The van der Waals surface area contributed by atoms with E-state index in [-0.39, 0.29) is 11.9 Å². The van der Waals surface area contributed by atoms with Gasteiger partial charge in [-0.3, -0.25) is 4.79 Å². The van der Waals surface area contributed by atoms with Gasteiger partial charge in [-0.2, -0.15) is 0 Å². The van der Waals surface area contributed by atoms with Crippen LogP contribution in [0.5, 0.6) is 0 Å². The highest BCUT2D eigenvalue weighted by Crippen LogP contribution is 2.58. The Labute approximate surface area is 143 Å². The van der Waals surface area contributed by atoms with Crippen molar-refractivity contribution in [3.63, 3.8) is 0 Å². The van der Waals surface area contributed by atoms with Crippen molar-refractivity contribution in [2.45, 2.75) is 58.9 Å². The van der Waals surface area contributed by atoms with Gasteiger partial charge in [0.2, 0.25) is 0 Å². The minimum Gasteiger partial charge on any atom is -0.427 e. The van der Waals surface area contributed by atoms with Crippen LogP contribution in [0.15, 0.2) is 15.3 Å². The number of hydrogen-bond acceptors (Lipinski definition) is 3. The zero-order valence-electron chi connectivity index (χ0n) is 14.8. The van der Waals surface area contributed by atoms with Gasteiger partial charge in [-0.05, 0) is 88.0 Å². The molecule has 4 heteroatoms. The fourth-order valence-corrected chi connectivity index (χ4v) is 6.20. The number of nitrogens with one attached hydrogen (secondary N) is 1. The predicted octanol–water partition coefficient (Wildman–Crippen LogP) is 3.45. The van der Waals surface area contributed by atoms with Crippen molar-refractivity contribution in [2.75, 3.05) is 0 Å². The molecule has 1 aromatic heterocycles. The number of carbonyl (C=O) groups is 1. The molecule has 1 amide bonds. The van der Waals surface area contributed by atoms with Crippen LogP contribution in [0.4, 0.5) is 0 Å². The van der Waals surface area contributed by atoms with Crippen LogP contribution in [0.1, 0.15) is 60.7 Å². The summed E-state index contributed by atoms with van der Waals surface area (Å²) in [5.74, 6) is 4.33. The number of amides is 1. The minimum absolute atomic E-state index is 0.0998. The first-order valence-electron chi connectivity index (χ1n) is 9.36. The van der Waals surface area contributed by atoms with E-state index in [1.807, 2.05) is 0 Å². The predicted molar refractivity (Wildman–Crippen MR) is 91.9 cm³/mol. The zero-order valence-corrected chi connectivity index (χ0v) is 14.8. The van der Waals surface area contributed by atoms with E-state index in [1.54, 1.807) is 13.8 Å². The van der Waals surface area contributed by atoms with Gasteiger partial charge in [0.15, 0.2) is 0 Å². The van der Waals surface area contributed by atoms with Gasteiger partial charge in [-0.15, -0.1) is 0 Å². The lowest BCUT2D eigenvalue weighted by molar-refractivity contribution is 0.0518. The Hall–Kier alpha value is -1.58. The Kier molecular flexibility index (Phi) is 3.81. The van der Waals surface area contributed by atoms with Gasteiger partial charge < -0.3 is 9.73 Å². The number of fused-ring (bicyclic) bond motifs is 2. The Bertz CT molecular complexity index is 696. The van der Waals surface area contributed by atoms with Crippen molar-refractivity contribution in [2.24, 2.45) is 29.6 Å². The molecule has 0 radical (unpaired) electrons. The second-order valence-electron chi connectivity index (χ2n) is 8.35. The monoisotopic (exact) mass is 329 g/mol. The Balaban J connectivity index is 1.53. The molecule has 3 aliphatic carbocycles. The minimum atomic E-state index is -0.392. The zero-order chi connectivity index (χ0) is 17.0. The highest BCUT2D eigenvalue weighted by Gasteiger charge is 2.51. The SMILES string of the molecule is Cc1cc(=O)oc(C)c1C(=O)N[C@@H](C)[C@@H]1[C@@H]2CC[C@H]3C[C@@H](C2)C[C@@H]31. The molecule has 0 unspecified atom stereocenters. The molecule has 24 heavy (non-hydrogen) atoms. The number of hydrogen-bond donors (Lipinski definition) is 1. The molecule has 3 saturated carbocycles. The first-order chi connectivity index (χ1) is 11.4. The molecule has 3 fully saturated rings. The van der Waals surface area contributed by atoms with Crippen LogP contribution in [0, 0.1) is 43.4 Å². The first-order valence-corrected chi connectivity index (χ1v) is 9.36. The molecule has 0 aromatic carbocycles. The Morgan fingerprint density at radius 3 is 2.67 bits per heavy atom. The summed E-state index contributed by atoms with van der Waals surface area (Å²) in [4.78, 5) is 24.2. The second kappa shape index (κ2) is 5.75. The van der Waals surface area contributed by atoms with E-state index < -0.39 is 5.63 Å². The maximum atomic E-state index is 12.8. The van der Waals surface area contributed by atoms with Gasteiger partial charge >= 0.3 is 5.63 Å². The van der Waals surface area contributed by atoms with Crippen molar-refractivity contribution in [3.05, 3.63) is 33.4 Å². The van der Waals surface area contributed by atoms with Crippen molar-refractivity contribution in [1.82, 2.24) is 5.32 Å². The molecule has 1 heterocycles. The summed E-state index contributed by atoms with van der Waals surface area (Å²) in [6.07, 6.45) is 6.87. The van der Waals surface area contributed by atoms with Crippen molar-refractivity contribution in [1.29, 1.82) is 0 Å². The molecular formula is C20H27NO3. The van der Waals surface area contributed by atoms with Crippen LogP contribution in [0.2, 0.25) is 0 Å². The normalized spacial score (nSPS) is 35.0. The van der Waals surface area contributed by atoms with Crippen LogP contribution in [0.25, 0.3) is 0 Å². The molecular weight excluding hydrogens is 302 g/mol. The largest absolute Gasteiger partial charge is 0.427 e. The smallest absolute Gasteiger partial charge is 0.336 e. The molecule has 1 N–H and O–H groups in total. The molecule has 0 aliphatic heterocycles. The average molecular weight is 329 g/mol. The molecule has 3 bridgehead atoms. The second-order valence-corrected chi connectivity index (χ2v) is 8.35. The van der Waals surface area contributed by atoms with Crippen LogP contribution >= 0.6 is 0 Å². The van der Waals surface area contributed by atoms with Gasteiger partial charge in [0.1, 0.15) is 5.76 Å². The number of aryl methyl sites for hydroxylation is 2. The fraction of sp³-hybridized carbons (Fsp3) is 0.700. The maximum absolute atomic E-state index is 12.8. The van der Waals surface area contributed by atoms with Crippen LogP contribution in [-0.2, 0) is 0 Å². The lowest BCUT2D eigenvalue weighted by Crippen LogP contribution is -2.48. The van der Waals surface area contributed by atoms with Crippen LogP contribution in [0.3, 0.4) is 0 Å². The molecule has 3 aliphatic rings. The average Bonchev–Trinajstić information content (AvgIpc) is 2.68. The topological polar surface area (TPSA) is 59.3 Å². The van der Waals surface area contributed by atoms with Gasteiger partial charge in [0.25, 0.3) is 5.91 Å².